The van der Waals surface area contributed by atoms with Gasteiger partial charge in [-0.1, -0.05) is 0 Å². The largest absolute Gasteiger partial charge is 0.464 e. The van der Waals surface area contributed by atoms with Gasteiger partial charge < -0.3 is 4.42 Å². The smallest absolute Gasteiger partial charge is 0.246 e. The Balaban J connectivity index is 1.76. The Morgan fingerprint density at radius 1 is 1.30 bits per heavy atom. The van der Waals surface area contributed by atoms with Gasteiger partial charge in [0.25, 0.3) is 0 Å². The van der Waals surface area contributed by atoms with Crippen molar-refractivity contribution >= 4 is 21.6 Å². The van der Waals surface area contributed by atoms with E-state index in [1.54, 1.807) is 17.3 Å². The highest BCUT2D eigenvalue weighted by Crippen LogP contribution is 2.30. The van der Waals surface area contributed by atoms with E-state index in [9.17, 15) is 8.42 Å². The van der Waals surface area contributed by atoms with Gasteiger partial charge >= 0.3 is 0 Å². The van der Waals surface area contributed by atoms with Gasteiger partial charge in [0.05, 0.1) is 5.88 Å². The standard InChI is InChI=1S/C13H19ClN2O3S/c1-10-13(8-12(9-14)19-10)20(17,18)16-6-4-15(5-7-16)11-2-3-11/h8,11H,2-7,9H2,1H3. The normalized spacial score (nSPS) is 22.3. The molecular weight excluding hydrogens is 300 g/mol. The summed E-state index contributed by atoms with van der Waals surface area (Å²) in [6.07, 6.45) is 2.51. The van der Waals surface area contributed by atoms with Crippen LogP contribution in [0.2, 0.25) is 0 Å². The van der Waals surface area contributed by atoms with Crippen LogP contribution in [0.4, 0.5) is 0 Å². The van der Waals surface area contributed by atoms with Crippen LogP contribution in [0.1, 0.15) is 24.4 Å². The molecule has 2 heterocycles. The molecule has 1 saturated carbocycles. The molecule has 112 valence electrons. The third-order valence-electron chi connectivity index (χ3n) is 4.01. The zero-order valence-corrected chi connectivity index (χ0v) is 13.1. The molecule has 7 heteroatoms. The Morgan fingerprint density at radius 3 is 2.45 bits per heavy atom. The Morgan fingerprint density at radius 2 is 1.95 bits per heavy atom. The molecule has 0 bridgehead atoms. The highest BCUT2D eigenvalue weighted by Gasteiger charge is 2.36. The number of rotatable bonds is 4. The van der Waals surface area contributed by atoms with Crippen LogP contribution in [0.3, 0.4) is 0 Å². The van der Waals surface area contributed by atoms with E-state index in [4.69, 9.17) is 16.0 Å². The van der Waals surface area contributed by atoms with Crippen molar-refractivity contribution in [3.05, 3.63) is 17.6 Å². The van der Waals surface area contributed by atoms with Crippen LogP contribution in [-0.4, -0.2) is 49.8 Å². The molecule has 1 aliphatic carbocycles. The first-order valence-electron chi connectivity index (χ1n) is 6.92. The van der Waals surface area contributed by atoms with Crippen molar-refractivity contribution < 1.29 is 12.8 Å². The Labute approximate surface area is 124 Å². The number of hydrogen-bond acceptors (Lipinski definition) is 4. The molecule has 1 aliphatic heterocycles. The Hall–Kier alpha value is -0.560. The van der Waals surface area contributed by atoms with Crippen LogP contribution in [0, 0.1) is 6.92 Å². The van der Waals surface area contributed by atoms with E-state index in [1.165, 1.54) is 12.8 Å². The maximum absolute atomic E-state index is 12.6. The van der Waals surface area contributed by atoms with E-state index in [-0.39, 0.29) is 10.8 Å². The maximum atomic E-state index is 12.6. The van der Waals surface area contributed by atoms with Gasteiger partial charge in [0.1, 0.15) is 16.4 Å². The van der Waals surface area contributed by atoms with Crippen LogP contribution < -0.4 is 0 Å². The van der Waals surface area contributed by atoms with Gasteiger partial charge in [-0.2, -0.15) is 4.31 Å². The molecule has 0 N–H and O–H groups in total. The fourth-order valence-electron chi connectivity index (χ4n) is 2.73. The van der Waals surface area contributed by atoms with E-state index in [1.807, 2.05) is 0 Å². The summed E-state index contributed by atoms with van der Waals surface area (Å²) in [4.78, 5) is 2.64. The van der Waals surface area contributed by atoms with E-state index in [0.717, 1.165) is 13.1 Å². The molecule has 2 aliphatic rings. The Bertz CT molecular complexity index is 587. The quantitative estimate of drug-likeness (QED) is 0.794. The molecule has 20 heavy (non-hydrogen) atoms. The second kappa shape index (κ2) is 5.33. The van der Waals surface area contributed by atoms with Gasteiger partial charge in [0.2, 0.25) is 10.0 Å². The second-order valence-electron chi connectivity index (χ2n) is 5.44. The molecule has 2 fully saturated rings. The highest BCUT2D eigenvalue weighted by atomic mass is 35.5. The van der Waals surface area contributed by atoms with Gasteiger partial charge in [0, 0.05) is 38.3 Å². The van der Waals surface area contributed by atoms with E-state index < -0.39 is 10.0 Å². The van der Waals surface area contributed by atoms with Crippen molar-refractivity contribution in [2.24, 2.45) is 0 Å². The Kier molecular flexibility index (Phi) is 3.83. The van der Waals surface area contributed by atoms with Gasteiger partial charge in [-0.15, -0.1) is 11.6 Å². The number of hydrogen-bond donors (Lipinski definition) is 0. The topological polar surface area (TPSA) is 53.8 Å². The number of alkyl halides is 1. The van der Waals surface area contributed by atoms with Crippen molar-refractivity contribution in [1.29, 1.82) is 0 Å². The molecule has 0 spiro atoms. The second-order valence-corrected chi connectivity index (χ2v) is 7.61. The molecule has 1 aromatic rings. The number of furan rings is 1. The number of nitrogens with zero attached hydrogens (tertiary/aromatic N) is 2. The number of sulfonamides is 1. The van der Waals surface area contributed by atoms with Crippen LogP contribution >= 0.6 is 11.6 Å². The fourth-order valence-corrected chi connectivity index (χ4v) is 4.47. The van der Waals surface area contributed by atoms with Crippen molar-refractivity contribution in [1.82, 2.24) is 9.21 Å². The van der Waals surface area contributed by atoms with Gasteiger partial charge in [-0.25, -0.2) is 8.42 Å². The molecule has 3 rings (SSSR count). The summed E-state index contributed by atoms with van der Waals surface area (Å²) in [5.41, 5.74) is 0. The third-order valence-corrected chi connectivity index (χ3v) is 6.28. The highest BCUT2D eigenvalue weighted by molar-refractivity contribution is 7.89. The summed E-state index contributed by atoms with van der Waals surface area (Å²) in [5.74, 6) is 1.11. The molecule has 5 nitrogen and oxygen atoms in total. The first-order valence-corrected chi connectivity index (χ1v) is 8.89. The summed E-state index contributed by atoms with van der Waals surface area (Å²) in [5, 5.41) is 0. The molecule has 0 aromatic carbocycles. The van der Waals surface area contributed by atoms with Gasteiger partial charge in [0.15, 0.2) is 0 Å². The lowest BCUT2D eigenvalue weighted by Gasteiger charge is -2.33. The number of aryl methyl sites for hydroxylation is 1. The fraction of sp³-hybridized carbons (Fsp3) is 0.692. The van der Waals surface area contributed by atoms with Crippen LogP contribution in [0.15, 0.2) is 15.4 Å². The molecule has 1 saturated heterocycles. The molecule has 0 radical (unpaired) electrons. The van der Waals surface area contributed by atoms with Crippen molar-refractivity contribution in [3.63, 3.8) is 0 Å². The maximum Gasteiger partial charge on any atom is 0.246 e. The zero-order chi connectivity index (χ0) is 14.3. The van der Waals surface area contributed by atoms with E-state index in [2.05, 4.69) is 4.90 Å². The van der Waals surface area contributed by atoms with Crippen LogP contribution in [-0.2, 0) is 15.9 Å². The summed E-state index contributed by atoms with van der Waals surface area (Å²) in [6, 6.07) is 2.24. The molecular formula is C13H19ClN2O3S. The van der Waals surface area contributed by atoms with Crippen molar-refractivity contribution in [2.45, 2.75) is 36.6 Å². The van der Waals surface area contributed by atoms with Crippen LogP contribution in [0.5, 0.6) is 0 Å². The van der Waals surface area contributed by atoms with Crippen molar-refractivity contribution in [3.8, 4) is 0 Å². The lowest BCUT2D eigenvalue weighted by atomic mass is 10.3. The van der Waals surface area contributed by atoms with Crippen LogP contribution in [0.25, 0.3) is 0 Å². The lowest BCUT2D eigenvalue weighted by molar-refractivity contribution is 0.180. The first-order chi connectivity index (χ1) is 9.52. The summed E-state index contributed by atoms with van der Waals surface area (Å²) < 4.78 is 32.2. The molecule has 0 unspecified atom stereocenters. The summed E-state index contributed by atoms with van der Waals surface area (Å²) in [7, 11) is -3.46. The minimum absolute atomic E-state index is 0.186. The van der Waals surface area contributed by atoms with Gasteiger partial charge in [-0.3, -0.25) is 4.90 Å². The van der Waals surface area contributed by atoms with Crippen molar-refractivity contribution in [2.75, 3.05) is 26.2 Å². The molecule has 0 amide bonds. The third kappa shape index (κ3) is 2.62. The predicted octanol–water partition coefficient (Wildman–Crippen LogP) is 1.80. The minimum Gasteiger partial charge on any atom is -0.464 e. The average Bonchev–Trinajstić information content (AvgIpc) is 3.21. The molecule has 1 aromatic heterocycles. The number of halogens is 1. The summed E-state index contributed by atoms with van der Waals surface area (Å²) >= 11 is 5.70. The number of piperazine rings is 1. The minimum atomic E-state index is -3.46. The zero-order valence-electron chi connectivity index (χ0n) is 11.5. The predicted molar refractivity (Wildman–Crippen MR) is 76.4 cm³/mol. The lowest BCUT2D eigenvalue weighted by Crippen LogP contribution is -2.49. The van der Waals surface area contributed by atoms with E-state index >= 15 is 0 Å². The average molecular weight is 319 g/mol. The molecule has 0 atom stereocenters. The summed E-state index contributed by atoms with van der Waals surface area (Å²) in [6.45, 7) is 4.43. The SMILES string of the molecule is Cc1oc(CCl)cc1S(=O)(=O)N1CCN(C2CC2)CC1. The monoisotopic (exact) mass is 318 g/mol. The van der Waals surface area contributed by atoms with Gasteiger partial charge in [-0.05, 0) is 19.8 Å². The first kappa shape index (κ1) is 14.4. The van der Waals surface area contributed by atoms with E-state index in [0.29, 0.717) is 30.7 Å².